The fraction of sp³-hybridized carbons (Fsp3) is 0.636. The van der Waals surface area contributed by atoms with E-state index in [-0.39, 0.29) is 6.09 Å². The van der Waals surface area contributed by atoms with Gasteiger partial charge in [0.2, 0.25) is 0 Å². The van der Waals surface area contributed by atoms with E-state index in [1.165, 1.54) is 0 Å². The van der Waals surface area contributed by atoms with E-state index in [4.69, 9.17) is 9.26 Å². The molecule has 1 aliphatic heterocycles. The quantitative estimate of drug-likeness (QED) is 0.676. The first-order chi connectivity index (χ1) is 7.46. The Labute approximate surface area is 94.3 Å². The average Bonchev–Trinajstić information content (AvgIpc) is 2.61. The highest BCUT2D eigenvalue weighted by molar-refractivity contribution is 5.68. The number of hydrogen-bond donors (Lipinski definition) is 0. The number of carbonyl (C=O) groups is 1. The smallest absolute Gasteiger partial charge is 0.410 e. The Balaban J connectivity index is 2.01. The molecule has 0 N–H and O–H groups in total. The van der Waals surface area contributed by atoms with Crippen LogP contribution in [0, 0.1) is 0 Å². The highest BCUT2D eigenvalue weighted by Crippen LogP contribution is 2.19. The molecule has 2 heterocycles. The summed E-state index contributed by atoms with van der Waals surface area (Å²) >= 11 is 0. The second-order valence-corrected chi connectivity index (χ2v) is 4.94. The lowest BCUT2D eigenvalue weighted by molar-refractivity contribution is 0.0223. The maximum atomic E-state index is 11.8. The number of carbonyl (C=O) groups excluding carboxylic acids is 1. The van der Waals surface area contributed by atoms with Crippen LogP contribution >= 0.6 is 0 Å². The van der Waals surface area contributed by atoms with Crippen molar-refractivity contribution in [2.75, 3.05) is 6.54 Å². The predicted molar refractivity (Wildman–Crippen MR) is 56.9 cm³/mol. The van der Waals surface area contributed by atoms with Crippen molar-refractivity contribution in [1.29, 1.82) is 0 Å². The van der Waals surface area contributed by atoms with Gasteiger partial charge >= 0.3 is 6.09 Å². The highest BCUT2D eigenvalue weighted by Gasteiger charge is 2.27. The molecule has 0 radical (unpaired) electrons. The SMILES string of the molecule is CC(C)(C)OC(=O)N1CCc2nocc2C1. The molecule has 1 aromatic heterocycles. The van der Waals surface area contributed by atoms with Gasteiger partial charge in [-0.15, -0.1) is 0 Å². The molecule has 16 heavy (non-hydrogen) atoms. The Morgan fingerprint density at radius 1 is 1.56 bits per heavy atom. The van der Waals surface area contributed by atoms with Crippen molar-refractivity contribution in [3.63, 3.8) is 0 Å². The highest BCUT2D eigenvalue weighted by atomic mass is 16.6. The minimum atomic E-state index is -0.452. The molecule has 5 nitrogen and oxygen atoms in total. The number of rotatable bonds is 0. The molecule has 1 aromatic rings. The number of amides is 1. The zero-order valence-electron chi connectivity index (χ0n) is 9.82. The largest absolute Gasteiger partial charge is 0.444 e. The number of fused-ring (bicyclic) bond motifs is 1. The van der Waals surface area contributed by atoms with Gasteiger partial charge in [0, 0.05) is 18.5 Å². The summed E-state index contributed by atoms with van der Waals surface area (Å²) in [5, 5.41) is 3.87. The van der Waals surface area contributed by atoms with Crippen LogP contribution in [0.3, 0.4) is 0 Å². The molecule has 0 unspecified atom stereocenters. The first-order valence-corrected chi connectivity index (χ1v) is 5.36. The summed E-state index contributed by atoms with van der Waals surface area (Å²) in [5.74, 6) is 0. The van der Waals surface area contributed by atoms with Gasteiger partial charge in [0.15, 0.2) is 0 Å². The summed E-state index contributed by atoms with van der Waals surface area (Å²) in [6.45, 7) is 6.74. The molecule has 0 fully saturated rings. The van der Waals surface area contributed by atoms with Crippen molar-refractivity contribution >= 4 is 6.09 Å². The zero-order chi connectivity index (χ0) is 11.8. The van der Waals surface area contributed by atoms with E-state index < -0.39 is 5.60 Å². The molecule has 0 aliphatic carbocycles. The van der Waals surface area contributed by atoms with Crippen LogP contribution in [0.25, 0.3) is 0 Å². The van der Waals surface area contributed by atoms with E-state index >= 15 is 0 Å². The summed E-state index contributed by atoms with van der Waals surface area (Å²) in [6.07, 6.45) is 2.04. The molecule has 0 spiro atoms. The maximum Gasteiger partial charge on any atom is 0.410 e. The number of ether oxygens (including phenoxy) is 1. The van der Waals surface area contributed by atoms with Crippen molar-refractivity contribution in [3.8, 4) is 0 Å². The van der Waals surface area contributed by atoms with Crippen LogP contribution in [0.15, 0.2) is 10.8 Å². The molecule has 0 saturated heterocycles. The number of hydrogen-bond acceptors (Lipinski definition) is 4. The second kappa shape index (κ2) is 3.81. The van der Waals surface area contributed by atoms with Gasteiger partial charge in [0.1, 0.15) is 11.9 Å². The van der Waals surface area contributed by atoms with E-state index in [1.807, 2.05) is 20.8 Å². The fourth-order valence-corrected chi connectivity index (χ4v) is 1.62. The third-order valence-corrected chi connectivity index (χ3v) is 2.36. The van der Waals surface area contributed by atoms with Gasteiger partial charge in [-0.1, -0.05) is 5.16 Å². The third kappa shape index (κ3) is 2.35. The second-order valence-electron chi connectivity index (χ2n) is 4.94. The predicted octanol–water partition coefficient (Wildman–Crippen LogP) is 1.97. The summed E-state index contributed by atoms with van der Waals surface area (Å²) in [7, 11) is 0. The molecule has 88 valence electrons. The van der Waals surface area contributed by atoms with Crippen LogP contribution in [0.5, 0.6) is 0 Å². The van der Waals surface area contributed by atoms with Crippen molar-refractivity contribution < 1.29 is 14.1 Å². The lowest BCUT2D eigenvalue weighted by atomic mass is 10.1. The standard InChI is InChI=1S/C11H16N2O3/c1-11(2,3)16-10(14)13-5-4-9-8(6-13)7-15-12-9/h7H,4-6H2,1-3H3. The third-order valence-electron chi connectivity index (χ3n) is 2.36. The van der Waals surface area contributed by atoms with Crippen LogP contribution < -0.4 is 0 Å². The number of aromatic nitrogens is 1. The van der Waals surface area contributed by atoms with E-state index in [0.717, 1.165) is 17.7 Å². The van der Waals surface area contributed by atoms with Crippen LogP contribution in [0.2, 0.25) is 0 Å². The van der Waals surface area contributed by atoms with Gasteiger partial charge < -0.3 is 14.2 Å². The van der Waals surface area contributed by atoms with Gasteiger partial charge in [-0.3, -0.25) is 0 Å². The van der Waals surface area contributed by atoms with Crippen LogP contribution in [-0.4, -0.2) is 28.3 Å². The monoisotopic (exact) mass is 224 g/mol. The molecule has 0 saturated carbocycles. The van der Waals surface area contributed by atoms with Gasteiger partial charge in [-0.05, 0) is 20.8 Å². The Morgan fingerprint density at radius 2 is 2.31 bits per heavy atom. The summed E-state index contributed by atoms with van der Waals surface area (Å²) in [4.78, 5) is 13.5. The Morgan fingerprint density at radius 3 is 3.00 bits per heavy atom. The molecule has 0 aromatic carbocycles. The van der Waals surface area contributed by atoms with E-state index in [1.54, 1.807) is 11.2 Å². The lowest BCUT2D eigenvalue weighted by Crippen LogP contribution is -2.39. The minimum Gasteiger partial charge on any atom is -0.444 e. The van der Waals surface area contributed by atoms with Gasteiger partial charge in [0.25, 0.3) is 0 Å². The molecule has 5 heteroatoms. The van der Waals surface area contributed by atoms with Gasteiger partial charge in [-0.2, -0.15) is 0 Å². The van der Waals surface area contributed by atoms with Crippen molar-refractivity contribution in [3.05, 3.63) is 17.5 Å². The van der Waals surface area contributed by atoms with Crippen LogP contribution in [0.4, 0.5) is 4.79 Å². The molecule has 1 amide bonds. The summed E-state index contributed by atoms with van der Waals surface area (Å²) < 4.78 is 10.2. The Kier molecular flexibility index (Phi) is 2.61. The first kappa shape index (κ1) is 11.0. The topological polar surface area (TPSA) is 55.6 Å². The van der Waals surface area contributed by atoms with Gasteiger partial charge in [-0.25, -0.2) is 4.79 Å². The molecule has 1 aliphatic rings. The van der Waals surface area contributed by atoms with Gasteiger partial charge in [0.05, 0.1) is 12.2 Å². The first-order valence-electron chi connectivity index (χ1n) is 5.36. The van der Waals surface area contributed by atoms with E-state index in [9.17, 15) is 4.79 Å². The fourth-order valence-electron chi connectivity index (χ4n) is 1.62. The van der Waals surface area contributed by atoms with Crippen molar-refractivity contribution in [2.24, 2.45) is 0 Å². The Hall–Kier alpha value is -1.52. The molecular formula is C11H16N2O3. The summed E-state index contributed by atoms with van der Waals surface area (Å²) in [5.41, 5.74) is 1.46. The van der Waals surface area contributed by atoms with E-state index in [0.29, 0.717) is 13.1 Å². The van der Waals surface area contributed by atoms with Crippen molar-refractivity contribution in [2.45, 2.75) is 39.3 Å². The Bertz CT molecular complexity index is 392. The number of nitrogens with zero attached hydrogens (tertiary/aromatic N) is 2. The lowest BCUT2D eigenvalue weighted by Gasteiger charge is -2.29. The molecule has 2 rings (SSSR count). The minimum absolute atomic E-state index is 0.278. The zero-order valence-corrected chi connectivity index (χ0v) is 9.82. The average molecular weight is 224 g/mol. The van der Waals surface area contributed by atoms with Crippen LogP contribution in [0.1, 0.15) is 32.0 Å². The maximum absolute atomic E-state index is 11.8. The van der Waals surface area contributed by atoms with Crippen LogP contribution in [-0.2, 0) is 17.7 Å². The molecule has 0 bridgehead atoms. The van der Waals surface area contributed by atoms with E-state index in [2.05, 4.69) is 5.16 Å². The molecule has 0 atom stereocenters. The van der Waals surface area contributed by atoms with Crippen molar-refractivity contribution in [1.82, 2.24) is 10.1 Å². The normalized spacial score (nSPS) is 15.8. The summed E-state index contributed by atoms with van der Waals surface area (Å²) in [6, 6.07) is 0. The molecular weight excluding hydrogens is 208 g/mol.